The first-order valence-corrected chi connectivity index (χ1v) is 9.24. The van der Waals surface area contributed by atoms with Crippen molar-refractivity contribution >= 4 is 12.0 Å². The highest BCUT2D eigenvalue weighted by atomic mass is 16.5. The summed E-state index contributed by atoms with van der Waals surface area (Å²) in [4.78, 5) is 18.3. The van der Waals surface area contributed by atoms with E-state index in [9.17, 15) is 4.79 Å². The third kappa shape index (κ3) is 4.94. The van der Waals surface area contributed by atoms with Gasteiger partial charge in [-0.25, -0.2) is 0 Å². The number of rotatable bonds is 5. The second-order valence-corrected chi connectivity index (χ2v) is 7.78. The molecule has 144 valence electrons. The predicted octanol–water partition coefficient (Wildman–Crippen LogP) is 4.71. The Morgan fingerprint density at radius 3 is 2.39 bits per heavy atom. The molecule has 0 aliphatic rings. The van der Waals surface area contributed by atoms with Crippen molar-refractivity contribution in [1.82, 2.24) is 15.0 Å². The lowest BCUT2D eigenvalue weighted by Crippen LogP contribution is -2.24. The van der Waals surface area contributed by atoms with Crippen LogP contribution in [0, 0.1) is 0 Å². The van der Waals surface area contributed by atoms with Crippen LogP contribution in [0.1, 0.15) is 37.8 Å². The molecule has 1 aromatic heterocycles. The molecule has 0 radical (unpaired) electrons. The Balaban J connectivity index is 1.60. The average molecular weight is 375 g/mol. The maximum atomic E-state index is 12.4. The van der Waals surface area contributed by atoms with Crippen LogP contribution >= 0.6 is 0 Å². The van der Waals surface area contributed by atoms with Crippen LogP contribution in [0.5, 0.6) is 0 Å². The molecule has 28 heavy (non-hydrogen) atoms. The lowest BCUT2D eigenvalue weighted by Gasteiger charge is -2.18. The lowest BCUT2D eigenvalue weighted by molar-refractivity contribution is -0.125. The van der Waals surface area contributed by atoms with Crippen LogP contribution in [0.2, 0.25) is 0 Å². The third-order valence-corrected chi connectivity index (χ3v) is 4.44. The smallest absolute Gasteiger partial charge is 0.246 e. The van der Waals surface area contributed by atoms with Crippen molar-refractivity contribution in [3.05, 3.63) is 77.7 Å². The zero-order valence-electron chi connectivity index (χ0n) is 16.7. The Labute approximate surface area is 165 Å². The molecule has 0 unspecified atom stereocenters. The fraction of sp³-hybridized carbons (Fsp3) is 0.261. The molecule has 0 saturated heterocycles. The number of amides is 1. The van der Waals surface area contributed by atoms with Gasteiger partial charge in [0.05, 0.1) is 6.54 Å². The fourth-order valence-electron chi connectivity index (χ4n) is 2.69. The summed E-state index contributed by atoms with van der Waals surface area (Å²) >= 11 is 0. The van der Waals surface area contributed by atoms with E-state index in [1.807, 2.05) is 48.5 Å². The van der Waals surface area contributed by atoms with Gasteiger partial charge in [0.25, 0.3) is 0 Å². The summed E-state index contributed by atoms with van der Waals surface area (Å²) in [6.07, 6.45) is 3.37. The molecule has 3 rings (SSSR count). The topological polar surface area (TPSA) is 59.2 Å². The van der Waals surface area contributed by atoms with Crippen molar-refractivity contribution in [3.63, 3.8) is 0 Å². The van der Waals surface area contributed by atoms with Gasteiger partial charge in [0.15, 0.2) is 0 Å². The van der Waals surface area contributed by atoms with Gasteiger partial charge in [-0.3, -0.25) is 4.79 Å². The van der Waals surface area contributed by atoms with E-state index in [1.54, 1.807) is 18.0 Å². The quantitative estimate of drug-likeness (QED) is 0.606. The second kappa shape index (κ2) is 8.21. The largest absolute Gasteiger partial charge is 0.337 e. The number of nitrogens with zero attached hydrogens (tertiary/aromatic N) is 3. The maximum absolute atomic E-state index is 12.4. The van der Waals surface area contributed by atoms with Crippen LogP contribution < -0.4 is 0 Å². The molecular formula is C23H25N3O2. The van der Waals surface area contributed by atoms with Crippen molar-refractivity contribution in [1.29, 1.82) is 0 Å². The molecule has 0 aliphatic heterocycles. The Hall–Kier alpha value is -3.21. The van der Waals surface area contributed by atoms with E-state index in [2.05, 4.69) is 43.0 Å². The van der Waals surface area contributed by atoms with Crippen molar-refractivity contribution in [2.75, 3.05) is 7.05 Å². The van der Waals surface area contributed by atoms with Gasteiger partial charge in [-0.2, -0.15) is 4.98 Å². The number of carbonyl (C=O) groups excluding carboxylic acids is 1. The van der Waals surface area contributed by atoms with Crippen molar-refractivity contribution < 1.29 is 9.32 Å². The summed E-state index contributed by atoms with van der Waals surface area (Å²) in [5.41, 5.74) is 3.24. The van der Waals surface area contributed by atoms with Crippen LogP contribution in [0.3, 0.4) is 0 Å². The first kappa shape index (κ1) is 19.5. The number of aromatic nitrogens is 2. The van der Waals surface area contributed by atoms with Gasteiger partial charge < -0.3 is 9.42 Å². The molecule has 1 amide bonds. The van der Waals surface area contributed by atoms with Gasteiger partial charge in [-0.1, -0.05) is 80.5 Å². The zero-order valence-corrected chi connectivity index (χ0v) is 16.7. The maximum Gasteiger partial charge on any atom is 0.246 e. The first-order valence-electron chi connectivity index (χ1n) is 9.24. The van der Waals surface area contributed by atoms with E-state index in [1.165, 1.54) is 5.56 Å². The fourth-order valence-corrected chi connectivity index (χ4v) is 2.69. The summed E-state index contributed by atoms with van der Waals surface area (Å²) in [5.74, 6) is 0.794. The minimum Gasteiger partial charge on any atom is -0.337 e. The Morgan fingerprint density at radius 1 is 1.07 bits per heavy atom. The highest BCUT2D eigenvalue weighted by molar-refractivity contribution is 5.91. The van der Waals surface area contributed by atoms with Crippen LogP contribution in [-0.2, 0) is 16.8 Å². The van der Waals surface area contributed by atoms with Crippen LogP contribution in [0.25, 0.3) is 17.5 Å². The summed E-state index contributed by atoms with van der Waals surface area (Å²) in [7, 11) is 1.71. The molecule has 0 saturated carbocycles. The molecule has 0 aliphatic carbocycles. The van der Waals surface area contributed by atoms with E-state index in [-0.39, 0.29) is 17.9 Å². The van der Waals surface area contributed by atoms with Crippen LogP contribution in [-0.4, -0.2) is 28.0 Å². The normalized spacial score (nSPS) is 11.7. The Kier molecular flexibility index (Phi) is 5.73. The molecule has 3 aromatic rings. The van der Waals surface area contributed by atoms with E-state index in [4.69, 9.17) is 4.52 Å². The predicted molar refractivity (Wildman–Crippen MR) is 110 cm³/mol. The Bertz CT molecular complexity index is 952. The Morgan fingerprint density at radius 2 is 1.75 bits per heavy atom. The van der Waals surface area contributed by atoms with Crippen molar-refractivity contribution in [3.8, 4) is 11.4 Å². The molecule has 0 spiro atoms. The number of likely N-dealkylation sites (N-methyl/N-ethyl adjacent to an activating group) is 1. The minimum atomic E-state index is -0.126. The monoisotopic (exact) mass is 375 g/mol. The van der Waals surface area contributed by atoms with Crippen LogP contribution in [0.15, 0.2) is 65.2 Å². The molecule has 2 aromatic carbocycles. The molecular weight excluding hydrogens is 350 g/mol. The number of benzene rings is 2. The molecule has 5 nitrogen and oxygen atoms in total. The summed E-state index contributed by atoms with van der Waals surface area (Å²) in [6, 6.07) is 17.8. The molecule has 0 N–H and O–H groups in total. The van der Waals surface area contributed by atoms with Gasteiger partial charge in [-0.05, 0) is 22.6 Å². The average Bonchev–Trinajstić information content (AvgIpc) is 3.15. The zero-order chi connectivity index (χ0) is 20.1. The van der Waals surface area contributed by atoms with Gasteiger partial charge in [0.2, 0.25) is 17.6 Å². The highest BCUT2D eigenvalue weighted by Gasteiger charge is 2.14. The number of hydrogen-bond acceptors (Lipinski definition) is 4. The molecule has 0 atom stereocenters. The van der Waals surface area contributed by atoms with Crippen molar-refractivity contribution in [2.45, 2.75) is 32.7 Å². The summed E-state index contributed by atoms with van der Waals surface area (Å²) in [5, 5.41) is 3.98. The second-order valence-electron chi connectivity index (χ2n) is 7.78. The minimum absolute atomic E-state index is 0.112. The standard InChI is InChI=1S/C23H25N3O2/c1-23(2,3)19-13-10-17(11-14-19)12-15-21(27)26(4)16-20-24-22(25-28-20)18-8-6-5-7-9-18/h5-15H,16H2,1-4H3/b15-12+. The van der Waals surface area contributed by atoms with E-state index in [0.29, 0.717) is 11.7 Å². The first-order chi connectivity index (χ1) is 13.3. The van der Waals surface area contributed by atoms with E-state index in [0.717, 1.165) is 11.1 Å². The SMILES string of the molecule is CN(Cc1nc(-c2ccccc2)no1)C(=O)/C=C/c1ccc(C(C)(C)C)cc1. The number of carbonyl (C=O) groups is 1. The van der Waals surface area contributed by atoms with Gasteiger partial charge in [-0.15, -0.1) is 0 Å². The van der Waals surface area contributed by atoms with Gasteiger partial charge in [0.1, 0.15) is 0 Å². The van der Waals surface area contributed by atoms with Gasteiger partial charge >= 0.3 is 0 Å². The molecule has 0 fully saturated rings. The van der Waals surface area contributed by atoms with Gasteiger partial charge in [0, 0.05) is 18.7 Å². The van der Waals surface area contributed by atoms with Crippen molar-refractivity contribution in [2.24, 2.45) is 0 Å². The lowest BCUT2D eigenvalue weighted by atomic mass is 9.87. The van der Waals surface area contributed by atoms with E-state index < -0.39 is 0 Å². The number of hydrogen-bond donors (Lipinski definition) is 0. The van der Waals surface area contributed by atoms with Crippen LogP contribution in [0.4, 0.5) is 0 Å². The van der Waals surface area contributed by atoms with E-state index >= 15 is 0 Å². The molecule has 5 heteroatoms. The third-order valence-electron chi connectivity index (χ3n) is 4.44. The summed E-state index contributed by atoms with van der Waals surface area (Å²) in [6.45, 7) is 6.79. The summed E-state index contributed by atoms with van der Waals surface area (Å²) < 4.78 is 5.27. The molecule has 1 heterocycles. The highest BCUT2D eigenvalue weighted by Crippen LogP contribution is 2.22. The molecule has 0 bridgehead atoms.